The first-order valence-corrected chi connectivity index (χ1v) is 6.97. The Bertz CT molecular complexity index is 383. The van der Waals surface area contributed by atoms with Gasteiger partial charge >= 0.3 is 0 Å². The van der Waals surface area contributed by atoms with Gasteiger partial charge in [-0.25, -0.2) is 0 Å². The molecule has 1 rings (SSSR count). The summed E-state index contributed by atoms with van der Waals surface area (Å²) in [6.45, 7) is 4.80. The molecule has 1 amide bonds. The van der Waals surface area contributed by atoms with E-state index >= 15 is 0 Å². The number of nitrogens with two attached hydrogens (primary N) is 1. The third-order valence-corrected chi connectivity index (χ3v) is 3.35. The van der Waals surface area contributed by atoms with Crippen molar-refractivity contribution in [3.8, 4) is 0 Å². The van der Waals surface area contributed by atoms with Crippen LogP contribution in [0.25, 0.3) is 0 Å². The average molecular weight is 264 g/mol. The number of anilines is 2. The number of carbonyl (C=O) groups is 1. The predicted octanol–water partition coefficient (Wildman–Crippen LogP) is 1.44. The largest absolute Gasteiger partial charge is 0.378 e. The standard InChI is InChI=1S/C15H25N3O/c1-5-12(6-2)16-11-15(19)17-13-7-9-14(10-8-13)18(3)4/h7-10,12,16H,5-6,11H2,1-4H3,(H,17,19)/p+1. The molecule has 0 aliphatic carbocycles. The third-order valence-electron chi connectivity index (χ3n) is 3.35. The summed E-state index contributed by atoms with van der Waals surface area (Å²) in [6, 6.07) is 8.41. The minimum Gasteiger partial charge on any atom is -0.378 e. The highest BCUT2D eigenvalue weighted by Gasteiger charge is 2.10. The van der Waals surface area contributed by atoms with Crippen molar-refractivity contribution in [2.24, 2.45) is 0 Å². The van der Waals surface area contributed by atoms with Crippen LogP contribution >= 0.6 is 0 Å². The highest BCUT2D eigenvalue weighted by molar-refractivity contribution is 5.91. The molecule has 0 radical (unpaired) electrons. The van der Waals surface area contributed by atoms with Crippen molar-refractivity contribution in [2.75, 3.05) is 30.9 Å². The normalized spacial score (nSPS) is 10.6. The Balaban J connectivity index is 2.44. The first-order valence-electron chi connectivity index (χ1n) is 6.97. The smallest absolute Gasteiger partial charge is 0.279 e. The maximum absolute atomic E-state index is 11.8. The molecule has 4 nitrogen and oxygen atoms in total. The molecular formula is C15H26N3O+. The minimum atomic E-state index is 0.0597. The molecule has 0 atom stereocenters. The quantitative estimate of drug-likeness (QED) is 0.783. The number of nitrogens with zero attached hydrogens (tertiary/aromatic N) is 1. The molecule has 0 aromatic heterocycles. The molecule has 0 saturated carbocycles. The predicted molar refractivity (Wildman–Crippen MR) is 80.6 cm³/mol. The van der Waals surface area contributed by atoms with Gasteiger partial charge in [0, 0.05) is 25.5 Å². The minimum absolute atomic E-state index is 0.0597. The monoisotopic (exact) mass is 264 g/mol. The lowest BCUT2D eigenvalue weighted by Crippen LogP contribution is -2.91. The summed E-state index contributed by atoms with van der Waals surface area (Å²) in [5, 5.41) is 5.04. The summed E-state index contributed by atoms with van der Waals surface area (Å²) < 4.78 is 0. The van der Waals surface area contributed by atoms with Gasteiger partial charge in [-0.15, -0.1) is 0 Å². The van der Waals surface area contributed by atoms with Crippen LogP contribution < -0.4 is 15.5 Å². The van der Waals surface area contributed by atoms with E-state index < -0.39 is 0 Å². The summed E-state index contributed by atoms with van der Waals surface area (Å²) >= 11 is 0. The van der Waals surface area contributed by atoms with Crippen molar-refractivity contribution in [1.29, 1.82) is 0 Å². The lowest BCUT2D eigenvalue weighted by Gasteiger charge is -2.13. The first-order chi connectivity index (χ1) is 9.06. The number of rotatable bonds is 7. The highest BCUT2D eigenvalue weighted by Crippen LogP contribution is 2.15. The van der Waals surface area contributed by atoms with Crippen molar-refractivity contribution in [2.45, 2.75) is 32.7 Å². The second-order valence-electron chi connectivity index (χ2n) is 5.01. The fourth-order valence-corrected chi connectivity index (χ4v) is 1.95. The van der Waals surface area contributed by atoms with Gasteiger partial charge in [0.1, 0.15) is 0 Å². The Morgan fingerprint density at radius 2 is 1.79 bits per heavy atom. The van der Waals surface area contributed by atoms with E-state index in [1.807, 2.05) is 43.3 Å². The summed E-state index contributed by atoms with van der Waals surface area (Å²) in [6.07, 6.45) is 2.20. The van der Waals surface area contributed by atoms with E-state index in [0.717, 1.165) is 24.2 Å². The topological polar surface area (TPSA) is 49.0 Å². The lowest BCUT2D eigenvalue weighted by molar-refractivity contribution is -0.679. The number of carbonyl (C=O) groups excluding carboxylic acids is 1. The number of nitrogens with one attached hydrogen (secondary N) is 1. The molecule has 0 unspecified atom stereocenters. The second-order valence-corrected chi connectivity index (χ2v) is 5.01. The molecular weight excluding hydrogens is 238 g/mol. The van der Waals surface area contributed by atoms with E-state index in [9.17, 15) is 4.79 Å². The molecule has 19 heavy (non-hydrogen) atoms. The molecule has 4 heteroatoms. The van der Waals surface area contributed by atoms with Gasteiger partial charge in [-0.1, -0.05) is 13.8 Å². The Morgan fingerprint density at radius 1 is 1.21 bits per heavy atom. The molecule has 0 saturated heterocycles. The number of quaternary nitrogens is 1. The molecule has 3 N–H and O–H groups in total. The van der Waals surface area contributed by atoms with Gasteiger partial charge in [0.05, 0.1) is 6.04 Å². The number of amides is 1. The van der Waals surface area contributed by atoms with Crippen molar-refractivity contribution in [1.82, 2.24) is 0 Å². The fourth-order valence-electron chi connectivity index (χ4n) is 1.95. The number of hydrogen-bond donors (Lipinski definition) is 2. The van der Waals surface area contributed by atoms with Crippen LogP contribution in [0.4, 0.5) is 11.4 Å². The van der Waals surface area contributed by atoms with Gasteiger partial charge in [0.2, 0.25) is 0 Å². The molecule has 106 valence electrons. The van der Waals surface area contributed by atoms with Crippen LogP contribution in [0.3, 0.4) is 0 Å². The van der Waals surface area contributed by atoms with Crippen LogP contribution in [0.15, 0.2) is 24.3 Å². The zero-order chi connectivity index (χ0) is 14.3. The number of hydrogen-bond acceptors (Lipinski definition) is 2. The molecule has 0 bridgehead atoms. The van der Waals surface area contributed by atoms with Crippen LogP contribution in [0.1, 0.15) is 26.7 Å². The molecule has 0 aliphatic heterocycles. The Kier molecular flexibility index (Phi) is 6.36. The van der Waals surface area contributed by atoms with Gasteiger partial charge < -0.3 is 15.5 Å². The van der Waals surface area contributed by atoms with Crippen LogP contribution in [-0.2, 0) is 4.79 Å². The van der Waals surface area contributed by atoms with Crippen LogP contribution in [0, 0.1) is 0 Å². The SMILES string of the molecule is CCC(CC)[NH2+]CC(=O)Nc1ccc(N(C)C)cc1. The molecule has 0 heterocycles. The van der Waals surface area contributed by atoms with Gasteiger partial charge in [0.25, 0.3) is 5.91 Å². The zero-order valence-electron chi connectivity index (χ0n) is 12.4. The van der Waals surface area contributed by atoms with E-state index in [1.54, 1.807) is 0 Å². The zero-order valence-corrected chi connectivity index (χ0v) is 12.4. The molecule has 1 aromatic rings. The van der Waals surface area contributed by atoms with E-state index in [0.29, 0.717) is 12.6 Å². The van der Waals surface area contributed by atoms with Gasteiger partial charge in [0.15, 0.2) is 6.54 Å². The van der Waals surface area contributed by atoms with Crippen LogP contribution in [-0.4, -0.2) is 32.6 Å². The maximum Gasteiger partial charge on any atom is 0.279 e. The maximum atomic E-state index is 11.8. The van der Waals surface area contributed by atoms with E-state index in [-0.39, 0.29) is 5.91 Å². The Labute approximate surface area is 116 Å². The van der Waals surface area contributed by atoms with Gasteiger partial charge in [-0.2, -0.15) is 0 Å². The Hall–Kier alpha value is -1.55. The summed E-state index contributed by atoms with van der Waals surface area (Å²) in [7, 11) is 4.00. The number of benzene rings is 1. The lowest BCUT2D eigenvalue weighted by atomic mass is 10.2. The third kappa shape index (κ3) is 5.30. The van der Waals surface area contributed by atoms with E-state index in [2.05, 4.69) is 24.5 Å². The summed E-state index contributed by atoms with van der Waals surface area (Å²) in [5.74, 6) is 0.0597. The Morgan fingerprint density at radius 3 is 2.26 bits per heavy atom. The van der Waals surface area contributed by atoms with Crippen molar-refractivity contribution < 1.29 is 10.1 Å². The second kappa shape index (κ2) is 7.79. The van der Waals surface area contributed by atoms with E-state index in [1.165, 1.54) is 0 Å². The van der Waals surface area contributed by atoms with Crippen molar-refractivity contribution in [3.63, 3.8) is 0 Å². The van der Waals surface area contributed by atoms with Crippen molar-refractivity contribution >= 4 is 17.3 Å². The first kappa shape index (κ1) is 15.5. The molecule has 0 fully saturated rings. The van der Waals surface area contributed by atoms with Gasteiger partial charge in [-0.3, -0.25) is 4.79 Å². The van der Waals surface area contributed by atoms with E-state index in [4.69, 9.17) is 0 Å². The summed E-state index contributed by atoms with van der Waals surface area (Å²) in [4.78, 5) is 13.8. The van der Waals surface area contributed by atoms with Gasteiger partial charge in [-0.05, 0) is 37.1 Å². The highest BCUT2D eigenvalue weighted by atomic mass is 16.1. The van der Waals surface area contributed by atoms with Crippen LogP contribution in [0.2, 0.25) is 0 Å². The van der Waals surface area contributed by atoms with Crippen molar-refractivity contribution in [3.05, 3.63) is 24.3 Å². The molecule has 0 aliphatic rings. The average Bonchev–Trinajstić information content (AvgIpc) is 2.40. The molecule has 0 spiro atoms. The summed E-state index contributed by atoms with van der Waals surface area (Å²) in [5.41, 5.74) is 1.98. The fraction of sp³-hybridized carbons (Fsp3) is 0.533. The van der Waals surface area contributed by atoms with Crippen LogP contribution in [0.5, 0.6) is 0 Å². The molecule has 1 aromatic carbocycles.